The van der Waals surface area contributed by atoms with Crippen molar-refractivity contribution in [2.75, 3.05) is 0 Å². The normalized spacial score (nSPS) is 10.2. The van der Waals surface area contributed by atoms with Gasteiger partial charge in [0.2, 0.25) is 0 Å². The van der Waals surface area contributed by atoms with Gasteiger partial charge in [-0.3, -0.25) is 4.79 Å². The summed E-state index contributed by atoms with van der Waals surface area (Å²) in [5.41, 5.74) is 0.321. The van der Waals surface area contributed by atoms with Crippen LogP contribution in [0.25, 0.3) is 10.8 Å². The van der Waals surface area contributed by atoms with Crippen LogP contribution in [0, 0.1) is 4.91 Å². The Morgan fingerprint density at radius 2 is 2.00 bits per heavy atom. The summed E-state index contributed by atoms with van der Waals surface area (Å²) in [4.78, 5) is 23.8. The Balaban J connectivity index is 2.60. The summed E-state index contributed by atoms with van der Waals surface area (Å²) in [7, 11) is 0. The topological polar surface area (TPSA) is 62.3 Å². The molecular weight excluding hydrogens is 168 g/mol. The fraction of sp³-hybridized carbons (Fsp3) is 0. The molecule has 1 amide bonds. The maximum Gasteiger partial charge on any atom is 0.316 e. The highest BCUT2D eigenvalue weighted by Gasteiger charge is 2.05. The second-order valence-corrected chi connectivity index (χ2v) is 2.70. The molecule has 4 heteroatoms. The van der Waals surface area contributed by atoms with Crippen molar-refractivity contribution >= 4 is 16.7 Å². The molecule has 1 aromatic carbocycles. The quantitative estimate of drug-likeness (QED) is 0.672. The summed E-state index contributed by atoms with van der Waals surface area (Å²) in [5.74, 6) is -0.733. The molecule has 0 fully saturated rings. The number of aromatic amines is 1. The van der Waals surface area contributed by atoms with Gasteiger partial charge >= 0.3 is 5.91 Å². The van der Waals surface area contributed by atoms with Crippen molar-refractivity contribution in [2.24, 2.45) is 5.18 Å². The molecule has 0 saturated carbocycles. The standard InChI is InChI=1S/C9H6N2O2/c12-9(11-13)6-1-2-7-4-10-5-8(7)3-6/h1-5,10H. The van der Waals surface area contributed by atoms with Crippen molar-refractivity contribution in [2.45, 2.75) is 0 Å². The number of aromatic nitrogens is 1. The minimum Gasteiger partial charge on any atom is -0.366 e. The Labute approximate surface area is 73.5 Å². The molecule has 0 unspecified atom stereocenters. The lowest BCUT2D eigenvalue weighted by atomic mass is 10.1. The SMILES string of the molecule is O=NC(=O)c1ccc2c[nH]cc2c1. The van der Waals surface area contributed by atoms with Crippen LogP contribution in [-0.4, -0.2) is 10.9 Å². The van der Waals surface area contributed by atoms with Gasteiger partial charge < -0.3 is 4.98 Å². The van der Waals surface area contributed by atoms with Crippen LogP contribution in [0.15, 0.2) is 35.8 Å². The lowest BCUT2D eigenvalue weighted by molar-refractivity contribution is 0.100. The van der Waals surface area contributed by atoms with Crippen molar-refractivity contribution in [3.8, 4) is 0 Å². The smallest absolute Gasteiger partial charge is 0.316 e. The molecule has 2 aromatic rings. The van der Waals surface area contributed by atoms with Gasteiger partial charge in [0.1, 0.15) is 0 Å². The van der Waals surface area contributed by atoms with Gasteiger partial charge in [-0.05, 0) is 22.9 Å². The van der Waals surface area contributed by atoms with Crippen molar-refractivity contribution < 1.29 is 4.79 Å². The lowest BCUT2D eigenvalue weighted by Crippen LogP contribution is -1.91. The zero-order valence-electron chi connectivity index (χ0n) is 6.65. The Morgan fingerprint density at radius 3 is 2.77 bits per heavy atom. The Hall–Kier alpha value is -1.97. The molecule has 1 heterocycles. The van der Waals surface area contributed by atoms with Gasteiger partial charge in [-0.15, -0.1) is 4.91 Å². The van der Waals surface area contributed by atoms with E-state index >= 15 is 0 Å². The summed E-state index contributed by atoms with van der Waals surface area (Å²) >= 11 is 0. The first-order chi connectivity index (χ1) is 6.31. The van der Waals surface area contributed by atoms with Crippen LogP contribution in [-0.2, 0) is 0 Å². The minimum absolute atomic E-state index is 0.321. The number of nitrogens with one attached hydrogen (secondary N) is 1. The summed E-state index contributed by atoms with van der Waals surface area (Å²) in [6, 6.07) is 4.99. The van der Waals surface area contributed by atoms with Crippen molar-refractivity contribution in [1.82, 2.24) is 4.98 Å². The molecule has 0 aliphatic carbocycles. The van der Waals surface area contributed by atoms with E-state index in [1.54, 1.807) is 24.4 Å². The molecular formula is C9H6N2O2. The van der Waals surface area contributed by atoms with Crippen LogP contribution in [0.3, 0.4) is 0 Å². The summed E-state index contributed by atoms with van der Waals surface area (Å²) in [6.45, 7) is 0. The molecule has 1 N–H and O–H groups in total. The Kier molecular flexibility index (Phi) is 1.66. The Morgan fingerprint density at radius 1 is 1.23 bits per heavy atom. The van der Waals surface area contributed by atoms with Gasteiger partial charge in [0, 0.05) is 23.1 Å². The van der Waals surface area contributed by atoms with E-state index in [0.29, 0.717) is 5.56 Å². The molecule has 0 saturated heterocycles. The van der Waals surface area contributed by atoms with Crippen molar-refractivity contribution in [3.05, 3.63) is 41.1 Å². The fourth-order valence-electron chi connectivity index (χ4n) is 1.24. The van der Waals surface area contributed by atoms with E-state index in [4.69, 9.17) is 0 Å². The van der Waals surface area contributed by atoms with Crippen molar-refractivity contribution in [1.29, 1.82) is 0 Å². The minimum atomic E-state index is -0.733. The monoisotopic (exact) mass is 174 g/mol. The summed E-state index contributed by atoms with van der Waals surface area (Å²) in [6.07, 6.45) is 3.58. The number of nitrogens with zero attached hydrogens (tertiary/aromatic N) is 1. The van der Waals surface area contributed by atoms with E-state index in [1.165, 1.54) is 0 Å². The molecule has 0 aliphatic rings. The highest BCUT2D eigenvalue weighted by atomic mass is 16.3. The zero-order chi connectivity index (χ0) is 9.26. The number of nitroso groups, excluding NO2 is 1. The molecule has 0 spiro atoms. The zero-order valence-corrected chi connectivity index (χ0v) is 6.65. The molecule has 0 bridgehead atoms. The predicted molar refractivity (Wildman–Crippen MR) is 48.4 cm³/mol. The number of carbonyl (C=O) groups excluding carboxylic acids is 1. The largest absolute Gasteiger partial charge is 0.366 e. The molecule has 2 rings (SSSR count). The third kappa shape index (κ3) is 1.22. The van der Waals surface area contributed by atoms with Gasteiger partial charge in [0.05, 0.1) is 0 Å². The number of carbonyl (C=O) groups is 1. The van der Waals surface area contributed by atoms with Crippen LogP contribution in [0.5, 0.6) is 0 Å². The molecule has 64 valence electrons. The first-order valence-corrected chi connectivity index (χ1v) is 3.75. The molecule has 0 radical (unpaired) electrons. The number of benzene rings is 1. The van der Waals surface area contributed by atoms with Crippen molar-refractivity contribution in [3.63, 3.8) is 0 Å². The summed E-state index contributed by atoms with van der Waals surface area (Å²) < 4.78 is 0. The highest BCUT2D eigenvalue weighted by molar-refractivity contribution is 5.98. The molecule has 13 heavy (non-hydrogen) atoms. The average Bonchev–Trinajstić information content (AvgIpc) is 2.63. The predicted octanol–water partition coefficient (Wildman–Crippen LogP) is 2.07. The van der Waals surface area contributed by atoms with E-state index in [1.807, 2.05) is 6.20 Å². The van der Waals surface area contributed by atoms with Crippen LogP contribution >= 0.6 is 0 Å². The number of rotatable bonds is 1. The van der Waals surface area contributed by atoms with E-state index < -0.39 is 5.91 Å². The second kappa shape index (κ2) is 2.82. The van der Waals surface area contributed by atoms with E-state index in [9.17, 15) is 9.70 Å². The number of H-pyrrole nitrogens is 1. The highest BCUT2D eigenvalue weighted by Crippen LogP contribution is 2.15. The van der Waals surface area contributed by atoms with Crippen LogP contribution in [0.4, 0.5) is 0 Å². The average molecular weight is 174 g/mol. The second-order valence-electron chi connectivity index (χ2n) is 2.70. The first kappa shape index (κ1) is 7.67. The molecule has 0 aliphatic heterocycles. The third-order valence-corrected chi connectivity index (χ3v) is 1.89. The maximum atomic E-state index is 10.9. The third-order valence-electron chi connectivity index (χ3n) is 1.89. The first-order valence-electron chi connectivity index (χ1n) is 3.75. The number of fused-ring (bicyclic) bond motifs is 1. The molecule has 4 nitrogen and oxygen atoms in total. The Bertz CT molecular complexity index is 473. The summed E-state index contributed by atoms with van der Waals surface area (Å²) in [5, 5.41) is 4.25. The van der Waals surface area contributed by atoms with Crippen LogP contribution < -0.4 is 0 Å². The molecule has 0 atom stereocenters. The number of amides is 1. The van der Waals surface area contributed by atoms with Gasteiger partial charge in [0.25, 0.3) is 0 Å². The van der Waals surface area contributed by atoms with Crippen LogP contribution in [0.1, 0.15) is 10.4 Å². The van der Waals surface area contributed by atoms with Crippen LogP contribution in [0.2, 0.25) is 0 Å². The lowest BCUT2D eigenvalue weighted by Gasteiger charge is -1.92. The fourth-order valence-corrected chi connectivity index (χ4v) is 1.24. The van der Waals surface area contributed by atoms with Gasteiger partial charge in [-0.1, -0.05) is 6.07 Å². The van der Waals surface area contributed by atoms with Gasteiger partial charge in [-0.25, -0.2) is 0 Å². The van der Waals surface area contributed by atoms with E-state index in [-0.39, 0.29) is 0 Å². The van der Waals surface area contributed by atoms with Gasteiger partial charge in [-0.2, -0.15) is 0 Å². The number of hydrogen-bond donors (Lipinski definition) is 1. The maximum absolute atomic E-state index is 10.9. The number of hydrogen-bond acceptors (Lipinski definition) is 2. The van der Waals surface area contributed by atoms with E-state index in [0.717, 1.165) is 10.8 Å². The van der Waals surface area contributed by atoms with E-state index in [2.05, 4.69) is 10.2 Å². The van der Waals surface area contributed by atoms with Gasteiger partial charge in [0.15, 0.2) is 0 Å². The molecule has 1 aromatic heterocycles.